The number of aromatic nitrogens is 3. The molecule has 20 heavy (non-hydrogen) atoms. The first-order chi connectivity index (χ1) is 9.75. The average molecular weight is 272 g/mol. The lowest BCUT2D eigenvalue weighted by atomic mass is 10.2. The van der Waals surface area contributed by atoms with Gasteiger partial charge in [0.1, 0.15) is 6.26 Å². The largest absolute Gasteiger partial charge is 0.441 e. The van der Waals surface area contributed by atoms with Crippen molar-refractivity contribution in [3.63, 3.8) is 0 Å². The van der Waals surface area contributed by atoms with Crippen LogP contribution >= 0.6 is 0 Å². The molecule has 0 aliphatic carbocycles. The van der Waals surface area contributed by atoms with Crippen LogP contribution in [0, 0.1) is 0 Å². The van der Waals surface area contributed by atoms with Gasteiger partial charge in [0, 0.05) is 18.3 Å². The molecule has 0 fully saturated rings. The second-order valence-corrected chi connectivity index (χ2v) is 3.76. The fourth-order valence-electron chi connectivity index (χ4n) is 1.60. The lowest BCUT2D eigenvalue weighted by Gasteiger charge is -2.05. The van der Waals surface area contributed by atoms with Gasteiger partial charge in [0.05, 0.1) is 0 Å². The van der Waals surface area contributed by atoms with Crippen LogP contribution in [0.25, 0.3) is 11.5 Å². The summed E-state index contributed by atoms with van der Waals surface area (Å²) in [6, 6.07) is 6.04. The topological polar surface area (TPSA) is 103 Å². The summed E-state index contributed by atoms with van der Waals surface area (Å²) in [5.74, 6) is -0.426. The summed E-state index contributed by atoms with van der Waals surface area (Å²) in [5, 5.41) is 3.67. The van der Waals surface area contributed by atoms with E-state index in [1.807, 2.05) is 0 Å². The summed E-state index contributed by atoms with van der Waals surface area (Å²) in [7, 11) is 0. The van der Waals surface area contributed by atoms with Gasteiger partial charge in [-0.15, -0.1) is 0 Å². The van der Waals surface area contributed by atoms with Crippen LogP contribution in [0.15, 0.2) is 56.9 Å². The Hall–Kier alpha value is -3.16. The number of nitrogens with one attached hydrogen (secondary N) is 1. The molecule has 3 aromatic heterocycles. The third-order valence-corrected chi connectivity index (χ3v) is 2.50. The Morgan fingerprint density at radius 2 is 2.20 bits per heavy atom. The Morgan fingerprint density at radius 1 is 1.30 bits per heavy atom. The van der Waals surface area contributed by atoms with Crippen molar-refractivity contribution in [2.75, 3.05) is 5.43 Å². The Balaban J connectivity index is 1.91. The first kappa shape index (κ1) is 11.9. The van der Waals surface area contributed by atoms with Gasteiger partial charge < -0.3 is 8.94 Å². The third-order valence-electron chi connectivity index (χ3n) is 2.50. The molecule has 100 valence electrons. The molecular formula is C12H8N4O4. The summed E-state index contributed by atoms with van der Waals surface area (Å²) < 4.78 is 10.8. The summed E-state index contributed by atoms with van der Waals surface area (Å²) >= 11 is 0. The van der Waals surface area contributed by atoms with Crippen molar-refractivity contribution in [2.45, 2.75) is 0 Å². The molecule has 8 heteroatoms. The van der Waals surface area contributed by atoms with Crippen molar-refractivity contribution in [1.82, 2.24) is 14.8 Å². The van der Waals surface area contributed by atoms with Gasteiger partial charge in [-0.1, -0.05) is 11.2 Å². The summed E-state index contributed by atoms with van der Waals surface area (Å²) in [4.78, 5) is 27.4. The molecule has 0 atom stereocenters. The van der Waals surface area contributed by atoms with Crippen LogP contribution in [0.3, 0.4) is 0 Å². The monoisotopic (exact) mass is 272 g/mol. The number of carbonyl (C=O) groups excluding carboxylic acids is 1. The SMILES string of the molecule is O=C(Nn1ccccc1=O)c1ncoc1-c1ccon1. The van der Waals surface area contributed by atoms with E-state index in [1.165, 1.54) is 24.6 Å². The van der Waals surface area contributed by atoms with E-state index < -0.39 is 5.91 Å². The van der Waals surface area contributed by atoms with E-state index in [0.29, 0.717) is 5.69 Å². The predicted molar refractivity (Wildman–Crippen MR) is 66.4 cm³/mol. The number of pyridine rings is 1. The minimum absolute atomic E-state index is 0.00894. The van der Waals surface area contributed by atoms with Crippen molar-refractivity contribution in [3.05, 3.63) is 59.2 Å². The zero-order valence-corrected chi connectivity index (χ0v) is 10.0. The van der Waals surface area contributed by atoms with Crippen LogP contribution in [0.4, 0.5) is 0 Å². The molecule has 0 saturated heterocycles. The molecule has 0 aliphatic rings. The molecule has 3 rings (SSSR count). The van der Waals surface area contributed by atoms with E-state index in [9.17, 15) is 9.59 Å². The van der Waals surface area contributed by atoms with Gasteiger partial charge in [-0.05, 0) is 6.07 Å². The summed E-state index contributed by atoms with van der Waals surface area (Å²) in [5.41, 5.74) is 2.38. The number of hydrogen-bond acceptors (Lipinski definition) is 6. The quantitative estimate of drug-likeness (QED) is 0.759. The van der Waals surface area contributed by atoms with Gasteiger partial charge in [-0.25, -0.2) is 9.66 Å². The Labute approximate surface area is 111 Å². The fourth-order valence-corrected chi connectivity index (χ4v) is 1.60. The normalized spacial score (nSPS) is 10.4. The van der Waals surface area contributed by atoms with Crippen LogP contribution in [-0.2, 0) is 0 Å². The van der Waals surface area contributed by atoms with Crippen molar-refractivity contribution in [3.8, 4) is 11.5 Å². The molecule has 3 heterocycles. The second-order valence-electron chi connectivity index (χ2n) is 3.76. The number of hydrogen-bond donors (Lipinski definition) is 1. The van der Waals surface area contributed by atoms with E-state index in [1.54, 1.807) is 12.1 Å². The van der Waals surface area contributed by atoms with Gasteiger partial charge in [0.2, 0.25) is 0 Å². The van der Waals surface area contributed by atoms with Gasteiger partial charge >= 0.3 is 0 Å². The lowest BCUT2D eigenvalue weighted by Crippen LogP contribution is -2.32. The van der Waals surface area contributed by atoms with Crippen molar-refractivity contribution < 1.29 is 13.7 Å². The zero-order valence-electron chi connectivity index (χ0n) is 10.0. The van der Waals surface area contributed by atoms with Gasteiger partial charge in [-0.3, -0.25) is 15.0 Å². The minimum Gasteiger partial charge on any atom is -0.441 e. The maximum atomic E-state index is 12.1. The van der Waals surface area contributed by atoms with E-state index in [0.717, 1.165) is 11.1 Å². The highest BCUT2D eigenvalue weighted by atomic mass is 16.5. The summed E-state index contributed by atoms with van der Waals surface area (Å²) in [6.45, 7) is 0. The molecule has 0 aromatic carbocycles. The molecule has 0 bridgehead atoms. The van der Waals surface area contributed by atoms with Gasteiger partial charge in [0.15, 0.2) is 23.5 Å². The van der Waals surface area contributed by atoms with Crippen LogP contribution in [0.1, 0.15) is 10.5 Å². The Morgan fingerprint density at radius 3 is 2.95 bits per heavy atom. The maximum Gasteiger partial charge on any atom is 0.292 e. The van der Waals surface area contributed by atoms with Crippen LogP contribution in [-0.4, -0.2) is 20.7 Å². The predicted octanol–water partition coefficient (Wildman–Crippen LogP) is 0.875. The second kappa shape index (κ2) is 4.84. The first-order valence-electron chi connectivity index (χ1n) is 5.59. The third kappa shape index (κ3) is 2.09. The van der Waals surface area contributed by atoms with Crippen molar-refractivity contribution in [1.29, 1.82) is 0 Å². The maximum absolute atomic E-state index is 12.1. The highest BCUT2D eigenvalue weighted by Crippen LogP contribution is 2.20. The molecule has 0 aliphatic heterocycles. The molecule has 0 radical (unpaired) electrons. The van der Waals surface area contributed by atoms with Crippen LogP contribution in [0.2, 0.25) is 0 Å². The standard InChI is InChI=1S/C12H8N4O4/c17-9-3-1-2-5-16(9)14-12(18)10-11(19-7-13-10)8-4-6-20-15-8/h1-7H,(H,14,18). The van der Waals surface area contributed by atoms with E-state index >= 15 is 0 Å². The number of rotatable bonds is 3. The molecule has 0 saturated carbocycles. The number of amides is 1. The van der Waals surface area contributed by atoms with Crippen molar-refractivity contribution >= 4 is 5.91 Å². The highest BCUT2D eigenvalue weighted by molar-refractivity contribution is 6.02. The Bertz CT molecular complexity index is 788. The first-order valence-corrected chi connectivity index (χ1v) is 5.59. The van der Waals surface area contributed by atoms with E-state index in [2.05, 4.69) is 20.1 Å². The molecule has 1 N–H and O–H groups in total. The van der Waals surface area contributed by atoms with Crippen LogP contribution < -0.4 is 11.0 Å². The summed E-state index contributed by atoms with van der Waals surface area (Å²) in [6.07, 6.45) is 3.89. The number of nitrogens with zero attached hydrogens (tertiary/aromatic N) is 3. The van der Waals surface area contributed by atoms with E-state index in [4.69, 9.17) is 4.42 Å². The molecule has 3 aromatic rings. The molecular weight excluding hydrogens is 264 g/mol. The average Bonchev–Trinajstić information content (AvgIpc) is 3.11. The number of oxazole rings is 1. The lowest BCUT2D eigenvalue weighted by molar-refractivity contribution is 0.100. The van der Waals surface area contributed by atoms with Gasteiger partial charge in [-0.2, -0.15) is 0 Å². The van der Waals surface area contributed by atoms with Crippen molar-refractivity contribution in [2.24, 2.45) is 0 Å². The molecule has 8 nitrogen and oxygen atoms in total. The minimum atomic E-state index is -0.593. The molecule has 1 amide bonds. The zero-order chi connectivity index (χ0) is 13.9. The van der Waals surface area contributed by atoms with E-state index in [-0.39, 0.29) is 17.0 Å². The molecule has 0 unspecified atom stereocenters. The van der Waals surface area contributed by atoms with Crippen LogP contribution in [0.5, 0.6) is 0 Å². The Kier molecular flexibility index (Phi) is 2.88. The smallest absolute Gasteiger partial charge is 0.292 e. The highest BCUT2D eigenvalue weighted by Gasteiger charge is 2.20. The molecule has 0 spiro atoms. The number of carbonyl (C=O) groups is 1. The fraction of sp³-hybridized carbons (Fsp3) is 0. The van der Waals surface area contributed by atoms with Gasteiger partial charge in [0.25, 0.3) is 11.5 Å².